The van der Waals surface area contributed by atoms with Crippen LogP contribution in [0.5, 0.6) is 0 Å². The lowest BCUT2D eigenvalue weighted by atomic mass is 10.1. The SMILES string of the molecule is C=CCOC(=O)C(OCC=C)c1ccccc1. The number of rotatable bonds is 7. The predicted octanol–water partition coefficient (Wildman–Crippen LogP) is 2.66. The van der Waals surface area contributed by atoms with Gasteiger partial charge >= 0.3 is 5.97 Å². The summed E-state index contributed by atoms with van der Waals surface area (Å²) in [5, 5.41) is 0. The lowest BCUT2D eigenvalue weighted by Gasteiger charge is -2.15. The molecule has 1 unspecified atom stereocenters. The molecule has 0 aromatic heterocycles. The van der Waals surface area contributed by atoms with E-state index in [2.05, 4.69) is 13.2 Å². The molecule has 0 bridgehead atoms. The summed E-state index contributed by atoms with van der Waals surface area (Å²) in [4.78, 5) is 11.8. The molecule has 0 aliphatic heterocycles. The van der Waals surface area contributed by atoms with Crippen molar-refractivity contribution in [1.29, 1.82) is 0 Å². The predicted molar refractivity (Wildman–Crippen MR) is 66.5 cm³/mol. The van der Waals surface area contributed by atoms with Crippen LogP contribution < -0.4 is 0 Å². The topological polar surface area (TPSA) is 35.5 Å². The molecule has 0 N–H and O–H groups in total. The van der Waals surface area contributed by atoms with Gasteiger partial charge in [0.2, 0.25) is 0 Å². The summed E-state index contributed by atoms with van der Waals surface area (Å²) in [6.07, 6.45) is 2.40. The molecule has 1 aromatic carbocycles. The maximum atomic E-state index is 11.8. The highest BCUT2D eigenvalue weighted by atomic mass is 16.6. The second-order valence-corrected chi connectivity index (χ2v) is 3.33. The molecule has 0 fully saturated rings. The largest absolute Gasteiger partial charge is 0.459 e. The number of hydrogen-bond donors (Lipinski definition) is 0. The van der Waals surface area contributed by atoms with Gasteiger partial charge in [0.15, 0.2) is 6.10 Å². The third-order valence-corrected chi connectivity index (χ3v) is 2.04. The van der Waals surface area contributed by atoms with Crippen LogP contribution in [0.4, 0.5) is 0 Å². The average molecular weight is 232 g/mol. The molecule has 90 valence electrons. The van der Waals surface area contributed by atoms with Crippen LogP contribution in [0.25, 0.3) is 0 Å². The molecule has 0 amide bonds. The molecule has 0 aliphatic rings. The zero-order valence-corrected chi connectivity index (χ0v) is 9.67. The molecule has 1 atom stereocenters. The first kappa shape index (κ1) is 13.2. The van der Waals surface area contributed by atoms with Gasteiger partial charge in [-0.1, -0.05) is 49.1 Å². The van der Waals surface area contributed by atoms with E-state index >= 15 is 0 Å². The highest BCUT2D eigenvalue weighted by Crippen LogP contribution is 2.18. The number of benzene rings is 1. The van der Waals surface area contributed by atoms with Gasteiger partial charge in [-0.2, -0.15) is 0 Å². The van der Waals surface area contributed by atoms with Crippen molar-refractivity contribution in [2.45, 2.75) is 6.10 Å². The Kier molecular flexibility index (Phi) is 5.75. The highest BCUT2D eigenvalue weighted by Gasteiger charge is 2.21. The van der Waals surface area contributed by atoms with Gasteiger partial charge in [0.05, 0.1) is 6.61 Å². The van der Waals surface area contributed by atoms with Crippen LogP contribution in [0.1, 0.15) is 11.7 Å². The van der Waals surface area contributed by atoms with Gasteiger partial charge < -0.3 is 9.47 Å². The number of carbonyl (C=O) groups excluding carboxylic acids is 1. The molecule has 3 heteroatoms. The summed E-state index contributed by atoms with van der Waals surface area (Å²) in [6.45, 7) is 7.52. The summed E-state index contributed by atoms with van der Waals surface area (Å²) in [5.74, 6) is -0.419. The molecular weight excluding hydrogens is 216 g/mol. The van der Waals surface area contributed by atoms with Gasteiger partial charge in [-0.25, -0.2) is 4.79 Å². The Balaban J connectivity index is 2.76. The summed E-state index contributed by atoms with van der Waals surface area (Å²) in [6, 6.07) is 9.22. The monoisotopic (exact) mass is 232 g/mol. The number of esters is 1. The Labute approximate surface area is 101 Å². The quantitative estimate of drug-likeness (QED) is 0.535. The standard InChI is InChI=1S/C14H16O3/c1-3-10-16-13(14(15)17-11-4-2)12-8-6-5-7-9-12/h3-9,13H,1-2,10-11H2. The van der Waals surface area contributed by atoms with E-state index in [4.69, 9.17) is 9.47 Å². The first-order valence-electron chi connectivity index (χ1n) is 5.34. The van der Waals surface area contributed by atoms with E-state index in [1.54, 1.807) is 6.08 Å². The van der Waals surface area contributed by atoms with Gasteiger partial charge in [-0.05, 0) is 5.56 Å². The molecule has 0 radical (unpaired) electrons. The van der Waals surface area contributed by atoms with Gasteiger partial charge in [0.25, 0.3) is 0 Å². The van der Waals surface area contributed by atoms with Crippen molar-refractivity contribution in [2.24, 2.45) is 0 Å². The molecule has 0 saturated carbocycles. The van der Waals surface area contributed by atoms with Gasteiger partial charge in [-0.15, -0.1) is 6.58 Å². The minimum absolute atomic E-state index is 0.180. The second-order valence-electron chi connectivity index (χ2n) is 3.33. The Bertz CT molecular complexity index is 370. The number of carbonyl (C=O) groups is 1. The van der Waals surface area contributed by atoms with Crippen molar-refractivity contribution >= 4 is 5.97 Å². The van der Waals surface area contributed by atoms with E-state index in [9.17, 15) is 4.79 Å². The van der Waals surface area contributed by atoms with Crippen LogP contribution >= 0.6 is 0 Å². The Morgan fingerprint density at radius 3 is 2.41 bits per heavy atom. The van der Waals surface area contributed by atoms with Crippen molar-refractivity contribution in [3.05, 3.63) is 61.2 Å². The van der Waals surface area contributed by atoms with Crippen LogP contribution in [-0.4, -0.2) is 19.2 Å². The first-order valence-corrected chi connectivity index (χ1v) is 5.34. The molecule has 0 aliphatic carbocycles. The summed E-state index contributed by atoms with van der Waals surface area (Å²) in [5.41, 5.74) is 0.767. The third kappa shape index (κ3) is 4.25. The molecule has 17 heavy (non-hydrogen) atoms. The third-order valence-electron chi connectivity index (χ3n) is 2.04. The minimum Gasteiger partial charge on any atom is -0.459 e. The van der Waals surface area contributed by atoms with Crippen LogP contribution in [-0.2, 0) is 14.3 Å². The fourth-order valence-corrected chi connectivity index (χ4v) is 1.31. The lowest BCUT2D eigenvalue weighted by Crippen LogP contribution is -2.19. The molecular formula is C14H16O3. The maximum Gasteiger partial charge on any atom is 0.340 e. The Morgan fingerprint density at radius 2 is 1.82 bits per heavy atom. The molecule has 1 aromatic rings. The van der Waals surface area contributed by atoms with E-state index < -0.39 is 12.1 Å². The molecule has 3 nitrogen and oxygen atoms in total. The molecule has 1 rings (SSSR count). The normalized spacial score (nSPS) is 11.5. The van der Waals surface area contributed by atoms with Crippen molar-refractivity contribution in [3.63, 3.8) is 0 Å². The minimum atomic E-state index is -0.714. The number of ether oxygens (including phenoxy) is 2. The van der Waals surface area contributed by atoms with Crippen molar-refractivity contribution < 1.29 is 14.3 Å². The van der Waals surface area contributed by atoms with Gasteiger partial charge in [-0.3, -0.25) is 0 Å². The first-order chi connectivity index (χ1) is 8.29. The van der Waals surface area contributed by atoms with Crippen molar-refractivity contribution in [3.8, 4) is 0 Å². The fourth-order valence-electron chi connectivity index (χ4n) is 1.31. The van der Waals surface area contributed by atoms with Crippen LogP contribution in [0.15, 0.2) is 55.6 Å². The van der Waals surface area contributed by atoms with E-state index in [0.29, 0.717) is 6.61 Å². The zero-order chi connectivity index (χ0) is 12.5. The zero-order valence-electron chi connectivity index (χ0n) is 9.67. The van der Waals surface area contributed by atoms with Crippen molar-refractivity contribution in [1.82, 2.24) is 0 Å². The van der Waals surface area contributed by atoms with Gasteiger partial charge in [0, 0.05) is 0 Å². The average Bonchev–Trinajstić information content (AvgIpc) is 2.38. The highest BCUT2D eigenvalue weighted by molar-refractivity contribution is 5.76. The lowest BCUT2D eigenvalue weighted by molar-refractivity contribution is -0.155. The van der Waals surface area contributed by atoms with Crippen LogP contribution in [0, 0.1) is 0 Å². The van der Waals surface area contributed by atoms with E-state index in [-0.39, 0.29) is 6.61 Å². The summed E-state index contributed by atoms with van der Waals surface area (Å²) >= 11 is 0. The van der Waals surface area contributed by atoms with Crippen LogP contribution in [0.2, 0.25) is 0 Å². The van der Waals surface area contributed by atoms with E-state index in [1.807, 2.05) is 30.3 Å². The Hall–Kier alpha value is -1.87. The van der Waals surface area contributed by atoms with Crippen LogP contribution in [0.3, 0.4) is 0 Å². The number of hydrogen-bond acceptors (Lipinski definition) is 3. The molecule has 0 spiro atoms. The molecule has 0 heterocycles. The van der Waals surface area contributed by atoms with Crippen molar-refractivity contribution in [2.75, 3.05) is 13.2 Å². The molecule has 0 saturated heterocycles. The maximum absolute atomic E-state index is 11.8. The summed E-state index contributed by atoms with van der Waals surface area (Å²) in [7, 11) is 0. The second kappa shape index (κ2) is 7.41. The summed E-state index contributed by atoms with van der Waals surface area (Å²) < 4.78 is 10.4. The van der Waals surface area contributed by atoms with Gasteiger partial charge in [0.1, 0.15) is 6.61 Å². The fraction of sp³-hybridized carbons (Fsp3) is 0.214. The Morgan fingerprint density at radius 1 is 1.18 bits per heavy atom. The smallest absolute Gasteiger partial charge is 0.340 e. The van der Waals surface area contributed by atoms with E-state index in [0.717, 1.165) is 5.56 Å². The van der Waals surface area contributed by atoms with E-state index in [1.165, 1.54) is 6.08 Å².